The summed E-state index contributed by atoms with van der Waals surface area (Å²) in [6.45, 7) is 1.93. The minimum Gasteiger partial charge on any atom is -0.244 e. The summed E-state index contributed by atoms with van der Waals surface area (Å²) in [5.74, 6) is 0. The van der Waals surface area contributed by atoms with Gasteiger partial charge in [0.05, 0.1) is 5.69 Å². The fourth-order valence-electron chi connectivity index (χ4n) is 0.564. The highest BCUT2D eigenvalue weighted by Gasteiger charge is 1.96. The van der Waals surface area contributed by atoms with Crippen LogP contribution in [-0.4, -0.2) is 4.98 Å². The van der Waals surface area contributed by atoms with Crippen LogP contribution in [0.15, 0.2) is 21.6 Å². The van der Waals surface area contributed by atoms with Crippen LogP contribution in [0, 0.1) is 6.92 Å². The molecule has 0 atom stereocenters. The number of aromatic nitrogens is 1. The molecule has 0 bridgehead atoms. The van der Waals surface area contributed by atoms with E-state index in [1.165, 1.54) is 0 Å². The molecule has 0 aliphatic rings. The van der Waals surface area contributed by atoms with Crippen LogP contribution in [0.4, 0.5) is 0 Å². The third-order valence-electron chi connectivity index (χ3n) is 1.07. The molecule has 0 aliphatic heterocycles. The molecule has 0 spiro atoms. The number of hydrogen-bond acceptors (Lipinski definition) is 2. The number of aryl methyl sites for hydroxylation is 1. The van der Waals surface area contributed by atoms with Crippen LogP contribution in [-0.2, 0) is 0 Å². The lowest BCUT2D eigenvalue weighted by Crippen LogP contribution is -1.83. The first-order valence-electron chi connectivity index (χ1n) is 2.66. The minimum absolute atomic E-state index is 0.836. The molecule has 0 amide bonds. The average molecular weight is 239 g/mol. The Balaban J connectivity index is 3.04. The lowest BCUT2D eigenvalue weighted by atomic mass is 10.4. The molecule has 1 aromatic rings. The van der Waals surface area contributed by atoms with Crippen molar-refractivity contribution < 1.29 is 0 Å². The summed E-state index contributed by atoms with van der Waals surface area (Å²) >= 11 is 3.34. The zero-order chi connectivity index (χ0) is 7.56. The highest BCUT2D eigenvalue weighted by Crippen LogP contribution is 2.22. The van der Waals surface area contributed by atoms with Gasteiger partial charge in [-0.15, -0.1) is 0 Å². The van der Waals surface area contributed by atoms with Crippen molar-refractivity contribution in [2.75, 3.05) is 0 Å². The number of nitrogens with zero attached hydrogens (tertiary/aromatic N) is 1. The van der Waals surface area contributed by atoms with Crippen molar-refractivity contribution in [2.45, 2.75) is 11.9 Å². The van der Waals surface area contributed by atoms with Gasteiger partial charge < -0.3 is 0 Å². The standard InChI is InChI=1S/C6H5BrClNS/c1-4-5(7)2-3-6(9-4)10-8/h2-3H,1H3. The van der Waals surface area contributed by atoms with Gasteiger partial charge in [0, 0.05) is 15.4 Å². The summed E-state index contributed by atoms with van der Waals surface area (Å²) in [5, 5.41) is 0.836. The van der Waals surface area contributed by atoms with Crippen molar-refractivity contribution >= 4 is 37.6 Å². The van der Waals surface area contributed by atoms with E-state index in [9.17, 15) is 0 Å². The monoisotopic (exact) mass is 237 g/mol. The largest absolute Gasteiger partial charge is 0.244 e. The number of rotatable bonds is 1. The molecule has 0 aliphatic carbocycles. The molecule has 0 saturated heterocycles. The van der Waals surface area contributed by atoms with Crippen molar-refractivity contribution in [2.24, 2.45) is 0 Å². The van der Waals surface area contributed by atoms with E-state index in [0.29, 0.717) is 0 Å². The smallest absolute Gasteiger partial charge is 0.112 e. The summed E-state index contributed by atoms with van der Waals surface area (Å²) in [4.78, 5) is 4.18. The van der Waals surface area contributed by atoms with E-state index in [2.05, 4.69) is 20.9 Å². The van der Waals surface area contributed by atoms with Gasteiger partial charge in [-0.3, -0.25) is 0 Å². The molecule has 0 saturated carbocycles. The van der Waals surface area contributed by atoms with Gasteiger partial charge in [-0.1, -0.05) is 0 Å². The summed E-state index contributed by atoms with van der Waals surface area (Å²) < 4.78 is 1.02. The van der Waals surface area contributed by atoms with E-state index in [1.807, 2.05) is 19.1 Å². The molecule has 10 heavy (non-hydrogen) atoms. The maximum absolute atomic E-state index is 5.49. The number of halogens is 2. The Bertz CT molecular complexity index is 241. The molecule has 0 fully saturated rings. The van der Waals surface area contributed by atoms with E-state index in [0.717, 1.165) is 26.2 Å². The first-order chi connectivity index (χ1) is 4.74. The Morgan fingerprint density at radius 3 is 2.80 bits per heavy atom. The first kappa shape index (κ1) is 8.37. The molecule has 1 rings (SSSR count). The van der Waals surface area contributed by atoms with Crippen LogP contribution in [0.3, 0.4) is 0 Å². The van der Waals surface area contributed by atoms with E-state index < -0.39 is 0 Å². The first-order valence-corrected chi connectivity index (χ1v) is 5.09. The van der Waals surface area contributed by atoms with Crippen molar-refractivity contribution in [3.05, 3.63) is 22.3 Å². The van der Waals surface area contributed by atoms with Gasteiger partial charge in [0.25, 0.3) is 0 Å². The van der Waals surface area contributed by atoms with Gasteiger partial charge in [-0.2, -0.15) is 0 Å². The maximum Gasteiger partial charge on any atom is 0.112 e. The lowest BCUT2D eigenvalue weighted by molar-refractivity contribution is 1.06. The average Bonchev–Trinajstić information content (AvgIpc) is 1.95. The second-order valence-electron chi connectivity index (χ2n) is 1.79. The zero-order valence-electron chi connectivity index (χ0n) is 5.27. The van der Waals surface area contributed by atoms with Crippen molar-refractivity contribution in [1.82, 2.24) is 4.98 Å². The van der Waals surface area contributed by atoms with E-state index >= 15 is 0 Å². The summed E-state index contributed by atoms with van der Waals surface area (Å²) in [6, 6.07) is 3.81. The van der Waals surface area contributed by atoms with Gasteiger partial charge in [0.1, 0.15) is 5.03 Å². The number of hydrogen-bond donors (Lipinski definition) is 0. The highest BCUT2D eigenvalue weighted by atomic mass is 79.9. The molecule has 54 valence electrons. The van der Waals surface area contributed by atoms with Crippen LogP contribution >= 0.6 is 37.6 Å². The van der Waals surface area contributed by atoms with Crippen LogP contribution in [0.1, 0.15) is 5.69 Å². The Hall–Kier alpha value is 0.270. The highest BCUT2D eigenvalue weighted by molar-refractivity contribution is 9.10. The second-order valence-corrected chi connectivity index (χ2v) is 3.68. The molecule has 1 aromatic heterocycles. The van der Waals surface area contributed by atoms with Gasteiger partial charge >= 0.3 is 0 Å². The predicted molar refractivity (Wildman–Crippen MR) is 48.4 cm³/mol. The molecular weight excluding hydrogens is 233 g/mol. The zero-order valence-corrected chi connectivity index (χ0v) is 8.42. The molecule has 0 N–H and O–H groups in total. The Morgan fingerprint density at radius 1 is 1.60 bits per heavy atom. The third kappa shape index (κ3) is 1.87. The SMILES string of the molecule is Cc1nc(SCl)ccc1Br. The molecule has 1 heterocycles. The maximum atomic E-state index is 5.49. The Labute approximate surface area is 76.8 Å². The normalized spacial score (nSPS) is 9.90. The van der Waals surface area contributed by atoms with Crippen LogP contribution in [0.25, 0.3) is 0 Å². The molecule has 0 unspecified atom stereocenters. The van der Waals surface area contributed by atoms with E-state index in [1.54, 1.807) is 0 Å². The third-order valence-corrected chi connectivity index (χ3v) is 2.77. The van der Waals surface area contributed by atoms with E-state index in [-0.39, 0.29) is 0 Å². The molecule has 0 aromatic carbocycles. The fraction of sp³-hybridized carbons (Fsp3) is 0.167. The quantitative estimate of drug-likeness (QED) is 0.744. The van der Waals surface area contributed by atoms with Crippen molar-refractivity contribution in [3.63, 3.8) is 0 Å². The van der Waals surface area contributed by atoms with Gasteiger partial charge in [-0.25, -0.2) is 4.98 Å². The lowest BCUT2D eigenvalue weighted by Gasteiger charge is -1.97. The van der Waals surface area contributed by atoms with Crippen LogP contribution < -0.4 is 0 Å². The molecule has 4 heteroatoms. The summed E-state index contributed by atoms with van der Waals surface area (Å²) in [6.07, 6.45) is 0. The Morgan fingerprint density at radius 2 is 2.30 bits per heavy atom. The topological polar surface area (TPSA) is 12.9 Å². The molecule has 1 nitrogen and oxygen atoms in total. The second kappa shape index (κ2) is 3.60. The van der Waals surface area contributed by atoms with Crippen LogP contribution in [0.2, 0.25) is 0 Å². The number of pyridine rings is 1. The minimum atomic E-state index is 0.836. The van der Waals surface area contributed by atoms with Crippen LogP contribution in [0.5, 0.6) is 0 Å². The van der Waals surface area contributed by atoms with Gasteiger partial charge in [0.2, 0.25) is 0 Å². The van der Waals surface area contributed by atoms with Crippen molar-refractivity contribution in [1.29, 1.82) is 0 Å². The fourth-order valence-corrected chi connectivity index (χ4v) is 1.33. The summed E-state index contributed by atoms with van der Waals surface area (Å²) in [7, 11) is 6.62. The van der Waals surface area contributed by atoms with Crippen molar-refractivity contribution in [3.8, 4) is 0 Å². The summed E-state index contributed by atoms with van der Waals surface area (Å²) in [5.41, 5.74) is 0.964. The van der Waals surface area contributed by atoms with E-state index in [4.69, 9.17) is 10.7 Å². The predicted octanol–water partition coefficient (Wildman–Crippen LogP) is 3.40. The molecule has 0 radical (unpaired) electrons. The van der Waals surface area contributed by atoms with Gasteiger partial charge in [-0.05, 0) is 45.7 Å². The van der Waals surface area contributed by atoms with Gasteiger partial charge in [0.15, 0.2) is 0 Å². The Kier molecular flexibility index (Phi) is 3.01. The molecular formula is C6H5BrClNS.